The Kier molecular flexibility index (Phi) is 6.41. The molecule has 2 rings (SSSR count). The van der Waals surface area contributed by atoms with Crippen molar-refractivity contribution in [2.24, 2.45) is 5.14 Å². The lowest BCUT2D eigenvalue weighted by atomic mass is 10.1. The van der Waals surface area contributed by atoms with E-state index in [9.17, 15) is 13.2 Å². The highest BCUT2D eigenvalue weighted by Gasteiger charge is 2.12. The van der Waals surface area contributed by atoms with Crippen LogP contribution >= 0.6 is 11.6 Å². The third-order valence-corrected chi connectivity index (χ3v) is 4.75. The summed E-state index contributed by atoms with van der Waals surface area (Å²) in [5, 5.41) is 8.23. The summed E-state index contributed by atoms with van der Waals surface area (Å²) < 4.78 is 28.4. The van der Waals surface area contributed by atoms with Crippen LogP contribution in [0.15, 0.2) is 47.4 Å². The highest BCUT2D eigenvalue weighted by atomic mass is 35.5. The molecule has 0 aliphatic rings. The van der Waals surface area contributed by atoms with Crippen LogP contribution in [0, 0.1) is 0 Å². The van der Waals surface area contributed by atoms with E-state index in [1.165, 1.54) is 12.1 Å². The highest BCUT2D eigenvalue weighted by Crippen LogP contribution is 2.22. The molecule has 0 saturated heterocycles. The number of ether oxygens (including phenoxy) is 1. The first-order valence-electron chi connectivity index (χ1n) is 7.64. The van der Waals surface area contributed by atoms with Gasteiger partial charge in [-0.25, -0.2) is 13.6 Å². The summed E-state index contributed by atoms with van der Waals surface area (Å²) in [7, 11) is -3.75. The summed E-state index contributed by atoms with van der Waals surface area (Å²) in [6.07, 6.45) is 0.588. The summed E-state index contributed by atoms with van der Waals surface area (Å²) in [6.45, 7) is 2.40. The van der Waals surface area contributed by atoms with Gasteiger partial charge in [-0.05, 0) is 42.3 Å². The number of primary sulfonamides is 1. The van der Waals surface area contributed by atoms with Gasteiger partial charge in [-0.3, -0.25) is 4.79 Å². The van der Waals surface area contributed by atoms with E-state index in [0.29, 0.717) is 22.8 Å². The second kappa shape index (κ2) is 8.33. The lowest BCUT2D eigenvalue weighted by Gasteiger charge is -2.12. The van der Waals surface area contributed by atoms with Gasteiger partial charge in [-0.15, -0.1) is 0 Å². The van der Waals surface area contributed by atoms with Gasteiger partial charge in [0.25, 0.3) is 5.91 Å². The summed E-state index contributed by atoms with van der Waals surface area (Å²) in [5.74, 6) is 0.274. The summed E-state index contributed by atoms with van der Waals surface area (Å²) in [6, 6.07) is 11.2. The van der Waals surface area contributed by atoms with Crippen molar-refractivity contribution < 1.29 is 17.9 Å². The predicted molar refractivity (Wildman–Crippen MR) is 96.5 cm³/mol. The maximum absolute atomic E-state index is 12.0. The number of halogens is 1. The third-order valence-electron chi connectivity index (χ3n) is 3.51. The summed E-state index contributed by atoms with van der Waals surface area (Å²) >= 11 is 5.97. The molecule has 0 atom stereocenters. The van der Waals surface area contributed by atoms with E-state index in [1.807, 2.05) is 6.92 Å². The quantitative estimate of drug-likeness (QED) is 0.718. The van der Waals surface area contributed by atoms with Crippen LogP contribution in [0.25, 0.3) is 0 Å². The van der Waals surface area contributed by atoms with Gasteiger partial charge in [0.15, 0.2) is 0 Å². The molecular formula is C17H19ClN2O4S. The molecule has 0 unspecified atom stereocenters. The van der Waals surface area contributed by atoms with Crippen LogP contribution in [0.2, 0.25) is 5.02 Å². The number of amides is 1. The predicted octanol–water partition coefficient (Wildman–Crippen LogP) is 2.36. The minimum absolute atomic E-state index is 0.0451. The number of hydrogen-bond donors (Lipinski definition) is 2. The minimum Gasteiger partial charge on any atom is -0.491 e. The van der Waals surface area contributed by atoms with Gasteiger partial charge in [0.1, 0.15) is 12.4 Å². The van der Waals surface area contributed by atoms with Crippen LogP contribution in [0.4, 0.5) is 0 Å². The van der Waals surface area contributed by atoms with Crippen molar-refractivity contribution in [2.75, 3.05) is 13.2 Å². The zero-order chi connectivity index (χ0) is 18.4. The van der Waals surface area contributed by atoms with E-state index >= 15 is 0 Å². The third kappa shape index (κ3) is 5.19. The largest absolute Gasteiger partial charge is 0.491 e. The molecule has 0 heterocycles. The van der Waals surface area contributed by atoms with E-state index < -0.39 is 10.0 Å². The standard InChI is InChI=1S/C17H19ClN2O4S/c1-2-12-11-13(25(19,22)23)7-8-16(12)24-10-9-20-17(21)14-5-3-4-6-15(14)18/h3-8,11H,2,9-10H2,1H3,(H,20,21)(H2,19,22,23). The highest BCUT2D eigenvalue weighted by molar-refractivity contribution is 7.89. The van der Waals surface area contributed by atoms with Crippen LogP contribution in [0.5, 0.6) is 5.75 Å². The van der Waals surface area contributed by atoms with E-state index in [2.05, 4.69) is 5.32 Å². The first-order chi connectivity index (χ1) is 11.8. The molecule has 0 bridgehead atoms. The molecule has 0 aliphatic heterocycles. The molecule has 25 heavy (non-hydrogen) atoms. The number of aryl methyl sites for hydroxylation is 1. The molecule has 3 N–H and O–H groups in total. The first-order valence-corrected chi connectivity index (χ1v) is 9.56. The van der Waals surface area contributed by atoms with Gasteiger partial charge in [-0.2, -0.15) is 0 Å². The zero-order valence-electron chi connectivity index (χ0n) is 13.7. The second-order valence-electron chi connectivity index (χ2n) is 5.25. The van der Waals surface area contributed by atoms with Gasteiger partial charge in [0, 0.05) is 0 Å². The molecule has 0 aliphatic carbocycles. The Hall–Kier alpha value is -2.09. The SMILES string of the molecule is CCc1cc(S(N)(=O)=O)ccc1OCCNC(=O)c1ccccc1Cl. The Bertz CT molecular complexity index is 869. The molecule has 2 aromatic rings. The molecule has 1 amide bonds. The van der Waals surface area contributed by atoms with Gasteiger partial charge < -0.3 is 10.1 Å². The van der Waals surface area contributed by atoms with Crippen LogP contribution in [0.1, 0.15) is 22.8 Å². The summed E-state index contributed by atoms with van der Waals surface area (Å²) in [4.78, 5) is 12.1. The average Bonchev–Trinajstić information content (AvgIpc) is 2.58. The van der Waals surface area contributed by atoms with Crippen LogP contribution < -0.4 is 15.2 Å². The number of carbonyl (C=O) groups excluding carboxylic acids is 1. The number of nitrogens with two attached hydrogens (primary N) is 1. The van der Waals surface area contributed by atoms with Crippen LogP contribution in [-0.4, -0.2) is 27.5 Å². The zero-order valence-corrected chi connectivity index (χ0v) is 15.2. The second-order valence-corrected chi connectivity index (χ2v) is 7.22. The molecular weight excluding hydrogens is 364 g/mol. The minimum atomic E-state index is -3.75. The maximum atomic E-state index is 12.0. The maximum Gasteiger partial charge on any atom is 0.252 e. The lowest BCUT2D eigenvalue weighted by Crippen LogP contribution is -2.28. The first kappa shape index (κ1) is 19.2. The number of carbonyl (C=O) groups is 1. The van der Waals surface area contributed by atoms with Crippen LogP contribution in [0.3, 0.4) is 0 Å². The fourth-order valence-electron chi connectivity index (χ4n) is 2.22. The number of nitrogens with one attached hydrogen (secondary N) is 1. The summed E-state index contributed by atoms with van der Waals surface area (Å²) in [5.41, 5.74) is 1.12. The molecule has 2 aromatic carbocycles. The van der Waals surface area contributed by atoms with Crippen molar-refractivity contribution in [1.29, 1.82) is 0 Å². The number of benzene rings is 2. The topological polar surface area (TPSA) is 98.5 Å². The Balaban J connectivity index is 1.94. The van der Waals surface area contributed by atoms with Crippen molar-refractivity contribution in [3.05, 3.63) is 58.6 Å². The Morgan fingerprint density at radius 1 is 1.24 bits per heavy atom. The number of hydrogen-bond acceptors (Lipinski definition) is 4. The van der Waals surface area contributed by atoms with E-state index in [-0.39, 0.29) is 24.0 Å². The fourth-order valence-corrected chi connectivity index (χ4v) is 3.00. The number of rotatable bonds is 7. The normalized spacial score (nSPS) is 11.2. The lowest BCUT2D eigenvalue weighted by molar-refractivity contribution is 0.0947. The van der Waals surface area contributed by atoms with Crippen molar-refractivity contribution in [1.82, 2.24) is 5.32 Å². The van der Waals surface area contributed by atoms with Crippen molar-refractivity contribution in [3.63, 3.8) is 0 Å². The molecule has 8 heteroatoms. The van der Waals surface area contributed by atoms with E-state index in [1.54, 1.807) is 30.3 Å². The Labute approximate surface area is 152 Å². The molecule has 134 valence electrons. The molecule has 0 spiro atoms. The Morgan fingerprint density at radius 2 is 1.96 bits per heavy atom. The van der Waals surface area contributed by atoms with Crippen molar-refractivity contribution >= 4 is 27.5 Å². The molecule has 0 aromatic heterocycles. The smallest absolute Gasteiger partial charge is 0.252 e. The molecule has 0 saturated carbocycles. The van der Waals surface area contributed by atoms with Gasteiger partial charge in [0.2, 0.25) is 10.0 Å². The monoisotopic (exact) mass is 382 g/mol. The molecule has 6 nitrogen and oxygen atoms in total. The number of sulfonamides is 1. The van der Waals surface area contributed by atoms with Gasteiger partial charge in [-0.1, -0.05) is 30.7 Å². The molecule has 0 fully saturated rings. The Morgan fingerprint density at radius 3 is 2.60 bits per heavy atom. The van der Waals surface area contributed by atoms with E-state index in [0.717, 1.165) is 5.56 Å². The molecule has 0 radical (unpaired) electrons. The van der Waals surface area contributed by atoms with Gasteiger partial charge >= 0.3 is 0 Å². The van der Waals surface area contributed by atoms with Crippen molar-refractivity contribution in [2.45, 2.75) is 18.2 Å². The van der Waals surface area contributed by atoms with E-state index in [4.69, 9.17) is 21.5 Å². The average molecular weight is 383 g/mol. The van der Waals surface area contributed by atoms with Crippen LogP contribution in [-0.2, 0) is 16.4 Å². The fraction of sp³-hybridized carbons (Fsp3) is 0.235. The van der Waals surface area contributed by atoms with Crippen molar-refractivity contribution in [3.8, 4) is 5.75 Å². The van der Waals surface area contributed by atoms with Gasteiger partial charge in [0.05, 0.1) is 22.0 Å².